The van der Waals surface area contributed by atoms with Gasteiger partial charge in [-0.15, -0.1) is 6.58 Å². The van der Waals surface area contributed by atoms with E-state index in [1.807, 2.05) is 24.3 Å². The third kappa shape index (κ3) is 4.92. The first-order chi connectivity index (χ1) is 8.63. The molecule has 5 nitrogen and oxygen atoms in total. The Morgan fingerprint density at radius 2 is 1.94 bits per heavy atom. The maximum atomic E-state index is 11.2. The van der Waals surface area contributed by atoms with E-state index in [2.05, 4.69) is 38.4 Å². The van der Waals surface area contributed by atoms with E-state index in [4.69, 9.17) is 0 Å². The monoisotopic (exact) mass is 309 g/mol. The van der Waals surface area contributed by atoms with Crippen molar-refractivity contribution in [2.75, 3.05) is 6.54 Å². The third-order valence-electron chi connectivity index (χ3n) is 1.86. The summed E-state index contributed by atoms with van der Waals surface area (Å²) in [5.41, 5.74) is 2.94. The summed E-state index contributed by atoms with van der Waals surface area (Å²) in [6, 6.07) is 7.33. The van der Waals surface area contributed by atoms with Gasteiger partial charge in [-0.2, -0.15) is 5.10 Å². The molecule has 0 saturated carbocycles. The van der Waals surface area contributed by atoms with Crippen LogP contribution in [-0.2, 0) is 9.59 Å². The van der Waals surface area contributed by atoms with Crippen molar-refractivity contribution in [2.24, 2.45) is 5.10 Å². The van der Waals surface area contributed by atoms with Gasteiger partial charge in [0.2, 0.25) is 0 Å². The number of rotatable bonds is 4. The largest absolute Gasteiger partial charge is 0.344 e. The Bertz CT molecular complexity index is 469. The van der Waals surface area contributed by atoms with Crippen molar-refractivity contribution in [3.05, 3.63) is 47.0 Å². The third-order valence-corrected chi connectivity index (χ3v) is 2.39. The van der Waals surface area contributed by atoms with E-state index in [9.17, 15) is 9.59 Å². The zero-order valence-corrected chi connectivity index (χ0v) is 11.1. The summed E-state index contributed by atoms with van der Waals surface area (Å²) in [5.74, 6) is -1.56. The van der Waals surface area contributed by atoms with E-state index in [0.717, 1.165) is 10.0 Å². The zero-order valence-electron chi connectivity index (χ0n) is 9.52. The Labute approximate surface area is 113 Å². The Morgan fingerprint density at radius 1 is 1.28 bits per heavy atom. The topological polar surface area (TPSA) is 70.6 Å². The molecule has 0 aliphatic carbocycles. The average molecular weight is 310 g/mol. The van der Waals surface area contributed by atoms with Gasteiger partial charge in [0.05, 0.1) is 6.21 Å². The summed E-state index contributed by atoms with van der Waals surface area (Å²) in [6.07, 6.45) is 2.93. The highest BCUT2D eigenvalue weighted by Gasteiger charge is 2.10. The summed E-state index contributed by atoms with van der Waals surface area (Å²) < 4.78 is 0.951. The van der Waals surface area contributed by atoms with Crippen LogP contribution < -0.4 is 10.7 Å². The van der Waals surface area contributed by atoms with E-state index in [0.29, 0.717) is 0 Å². The molecule has 0 aliphatic rings. The van der Waals surface area contributed by atoms with Crippen LogP contribution in [0.4, 0.5) is 0 Å². The van der Waals surface area contributed by atoms with E-state index < -0.39 is 11.8 Å². The molecule has 1 aromatic rings. The van der Waals surface area contributed by atoms with Gasteiger partial charge >= 0.3 is 11.8 Å². The quantitative estimate of drug-likeness (QED) is 0.380. The second-order valence-corrected chi connectivity index (χ2v) is 4.17. The molecule has 0 aromatic heterocycles. The maximum Gasteiger partial charge on any atom is 0.329 e. The average Bonchev–Trinajstić information content (AvgIpc) is 2.38. The molecule has 18 heavy (non-hydrogen) atoms. The molecule has 0 fully saturated rings. The van der Waals surface area contributed by atoms with Gasteiger partial charge in [-0.3, -0.25) is 9.59 Å². The van der Waals surface area contributed by atoms with Gasteiger partial charge in [-0.25, -0.2) is 5.43 Å². The van der Waals surface area contributed by atoms with E-state index in [1.165, 1.54) is 12.3 Å². The van der Waals surface area contributed by atoms with Crippen molar-refractivity contribution in [1.82, 2.24) is 10.7 Å². The molecule has 0 heterocycles. The molecular weight excluding hydrogens is 298 g/mol. The van der Waals surface area contributed by atoms with Gasteiger partial charge in [-0.1, -0.05) is 34.1 Å². The molecule has 0 bridgehead atoms. The van der Waals surface area contributed by atoms with Gasteiger partial charge < -0.3 is 5.32 Å². The molecular formula is C12H12BrN3O2. The van der Waals surface area contributed by atoms with Crippen LogP contribution in [0, 0.1) is 0 Å². The van der Waals surface area contributed by atoms with Crippen LogP contribution in [0.15, 0.2) is 46.5 Å². The molecule has 0 atom stereocenters. The number of carbonyl (C=O) groups excluding carboxylic acids is 2. The zero-order chi connectivity index (χ0) is 13.4. The fourth-order valence-corrected chi connectivity index (χ4v) is 1.27. The Balaban J connectivity index is 2.44. The summed E-state index contributed by atoms with van der Waals surface area (Å²) in [4.78, 5) is 22.4. The number of carbonyl (C=O) groups is 2. The SMILES string of the molecule is C=CCNC(=O)C(=O)NN=Cc1ccc(Br)cc1. The second-order valence-electron chi connectivity index (χ2n) is 3.25. The molecule has 1 rings (SSSR count). The van der Waals surface area contributed by atoms with Crippen LogP contribution in [0.5, 0.6) is 0 Å². The number of hydrogen-bond donors (Lipinski definition) is 2. The first-order valence-electron chi connectivity index (χ1n) is 5.11. The van der Waals surface area contributed by atoms with Gasteiger partial charge in [0.25, 0.3) is 0 Å². The number of halogens is 1. The lowest BCUT2D eigenvalue weighted by Gasteiger charge is -1.99. The van der Waals surface area contributed by atoms with Crippen LogP contribution in [-0.4, -0.2) is 24.6 Å². The van der Waals surface area contributed by atoms with Crippen molar-refractivity contribution in [2.45, 2.75) is 0 Å². The molecule has 0 radical (unpaired) electrons. The van der Waals surface area contributed by atoms with E-state index >= 15 is 0 Å². The molecule has 94 valence electrons. The minimum absolute atomic E-state index is 0.239. The van der Waals surface area contributed by atoms with E-state index in [-0.39, 0.29) is 6.54 Å². The number of hydrogen-bond acceptors (Lipinski definition) is 3. The normalized spacial score (nSPS) is 10.1. The van der Waals surface area contributed by atoms with Crippen LogP contribution in [0.25, 0.3) is 0 Å². The summed E-state index contributed by atoms with van der Waals surface area (Å²) in [7, 11) is 0. The second kappa shape index (κ2) is 7.39. The van der Waals surface area contributed by atoms with Crippen molar-refractivity contribution >= 4 is 34.0 Å². The lowest BCUT2D eigenvalue weighted by molar-refractivity contribution is -0.139. The smallest absolute Gasteiger partial charge is 0.329 e. The number of nitrogens with one attached hydrogen (secondary N) is 2. The standard InChI is InChI=1S/C12H12BrN3O2/c1-2-7-14-11(17)12(18)16-15-8-9-3-5-10(13)6-4-9/h2-6,8H,1,7H2,(H,14,17)(H,16,18). The van der Waals surface area contributed by atoms with Crippen LogP contribution in [0.1, 0.15) is 5.56 Å². The first kappa shape index (κ1) is 14.1. The lowest BCUT2D eigenvalue weighted by atomic mass is 10.2. The Hall–Kier alpha value is -1.95. The van der Waals surface area contributed by atoms with Gasteiger partial charge in [0, 0.05) is 11.0 Å². The number of nitrogens with zero attached hydrogens (tertiary/aromatic N) is 1. The molecule has 2 N–H and O–H groups in total. The fraction of sp³-hybridized carbons (Fsp3) is 0.0833. The molecule has 6 heteroatoms. The Morgan fingerprint density at radius 3 is 2.56 bits per heavy atom. The fourth-order valence-electron chi connectivity index (χ4n) is 1.01. The summed E-state index contributed by atoms with van der Waals surface area (Å²) in [6.45, 7) is 3.66. The highest BCUT2D eigenvalue weighted by Crippen LogP contribution is 2.08. The minimum atomic E-state index is -0.815. The maximum absolute atomic E-state index is 11.2. The molecule has 0 spiro atoms. The minimum Gasteiger partial charge on any atom is -0.344 e. The number of benzene rings is 1. The molecule has 0 aliphatic heterocycles. The van der Waals surface area contributed by atoms with E-state index in [1.54, 1.807) is 0 Å². The van der Waals surface area contributed by atoms with Gasteiger partial charge in [0.15, 0.2) is 0 Å². The van der Waals surface area contributed by atoms with Crippen molar-refractivity contribution in [3.63, 3.8) is 0 Å². The highest BCUT2D eigenvalue weighted by atomic mass is 79.9. The van der Waals surface area contributed by atoms with Gasteiger partial charge in [0.1, 0.15) is 0 Å². The lowest BCUT2D eigenvalue weighted by Crippen LogP contribution is -2.37. The summed E-state index contributed by atoms with van der Waals surface area (Å²) >= 11 is 3.30. The predicted molar refractivity (Wildman–Crippen MR) is 73.1 cm³/mol. The van der Waals surface area contributed by atoms with Crippen LogP contribution in [0.2, 0.25) is 0 Å². The predicted octanol–water partition coefficient (Wildman–Crippen LogP) is 1.20. The van der Waals surface area contributed by atoms with Crippen molar-refractivity contribution in [1.29, 1.82) is 0 Å². The molecule has 2 amide bonds. The van der Waals surface area contributed by atoms with Crippen molar-refractivity contribution in [3.8, 4) is 0 Å². The summed E-state index contributed by atoms with van der Waals surface area (Å²) in [5, 5.41) is 6.01. The van der Waals surface area contributed by atoms with Crippen LogP contribution >= 0.6 is 15.9 Å². The first-order valence-corrected chi connectivity index (χ1v) is 5.90. The number of hydrazone groups is 1. The Kier molecular flexibility index (Phi) is 5.79. The number of amides is 2. The highest BCUT2D eigenvalue weighted by molar-refractivity contribution is 9.10. The van der Waals surface area contributed by atoms with Crippen LogP contribution in [0.3, 0.4) is 0 Å². The molecule has 0 saturated heterocycles. The molecule has 1 aromatic carbocycles. The molecule has 0 unspecified atom stereocenters. The van der Waals surface area contributed by atoms with Crippen molar-refractivity contribution < 1.29 is 9.59 Å². The van der Waals surface area contributed by atoms with Gasteiger partial charge in [-0.05, 0) is 17.7 Å².